The maximum Gasteiger partial charge on any atom is 0.407 e. The van der Waals surface area contributed by atoms with E-state index in [1.54, 1.807) is 39.0 Å². The highest BCUT2D eigenvalue weighted by Gasteiger charge is 2.17. The molecule has 0 radical (unpaired) electrons. The fraction of sp³-hybridized carbons (Fsp3) is 0.500. The molecule has 1 rings (SSSR count). The number of benzene rings is 1. The third kappa shape index (κ3) is 8.48. The highest BCUT2D eigenvalue weighted by molar-refractivity contribution is 5.94. The van der Waals surface area contributed by atoms with Gasteiger partial charge in [0.15, 0.2) is 0 Å². The van der Waals surface area contributed by atoms with Crippen LogP contribution >= 0.6 is 0 Å². The van der Waals surface area contributed by atoms with Crippen molar-refractivity contribution in [2.24, 2.45) is 5.73 Å². The van der Waals surface area contributed by atoms with Gasteiger partial charge in [0.05, 0.1) is 12.7 Å². The molecule has 1 aromatic rings. The highest BCUT2D eigenvalue weighted by Crippen LogP contribution is 2.12. The zero-order valence-corrected chi connectivity index (χ0v) is 15.6. The predicted molar refractivity (Wildman–Crippen MR) is 97.9 cm³/mol. The van der Waals surface area contributed by atoms with E-state index in [9.17, 15) is 14.4 Å². The molecule has 2 amide bonds. The van der Waals surface area contributed by atoms with Crippen molar-refractivity contribution in [3.63, 3.8) is 0 Å². The maximum atomic E-state index is 12.0. The second-order valence-electron chi connectivity index (χ2n) is 6.80. The van der Waals surface area contributed by atoms with E-state index in [4.69, 9.17) is 10.5 Å². The van der Waals surface area contributed by atoms with Gasteiger partial charge in [-0.25, -0.2) is 9.59 Å². The Labute approximate surface area is 153 Å². The van der Waals surface area contributed by atoms with Gasteiger partial charge in [0, 0.05) is 24.7 Å². The van der Waals surface area contributed by atoms with Crippen LogP contribution in [-0.4, -0.2) is 43.3 Å². The van der Waals surface area contributed by atoms with Crippen LogP contribution in [0, 0.1) is 0 Å². The molecule has 4 N–H and O–H groups in total. The summed E-state index contributed by atoms with van der Waals surface area (Å²) >= 11 is 0. The number of anilines is 1. The summed E-state index contributed by atoms with van der Waals surface area (Å²) in [6, 6.07) is 6.08. The first kappa shape index (κ1) is 21.4. The third-order valence-corrected chi connectivity index (χ3v) is 3.22. The number of methoxy groups -OCH3 is 1. The minimum atomic E-state index is -0.577. The number of alkyl carbamates (subject to hydrolysis) is 1. The van der Waals surface area contributed by atoms with E-state index in [1.165, 1.54) is 13.2 Å². The number of ether oxygens (including phenoxy) is 2. The highest BCUT2D eigenvalue weighted by atomic mass is 16.6. The molecule has 0 aliphatic rings. The minimum absolute atomic E-state index is 0.180. The van der Waals surface area contributed by atoms with Crippen molar-refractivity contribution in [3.8, 4) is 0 Å². The van der Waals surface area contributed by atoms with Crippen LogP contribution in [0.1, 0.15) is 44.0 Å². The van der Waals surface area contributed by atoms with Gasteiger partial charge >= 0.3 is 12.1 Å². The van der Waals surface area contributed by atoms with Crippen molar-refractivity contribution in [3.05, 3.63) is 29.8 Å². The van der Waals surface area contributed by atoms with E-state index < -0.39 is 17.7 Å². The van der Waals surface area contributed by atoms with Crippen molar-refractivity contribution in [2.45, 2.75) is 45.3 Å². The van der Waals surface area contributed by atoms with Crippen LogP contribution in [0.5, 0.6) is 0 Å². The quantitative estimate of drug-likeness (QED) is 0.636. The van der Waals surface area contributed by atoms with Crippen molar-refractivity contribution >= 4 is 23.7 Å². The van der Waals surface area contributed by atoms with E-state index in [-0.39, 0.29) is 24.9 Å². The van der Waals surface area contributed by atoms with Gasteiger partial charge in [0.25, 0.3) is 0 Å². The number of esters is 1. The Hall–Kier alpha value is -2.61. The average molecular weight is 365 g/mol. The Balaban J connectivity index is 2.38. The molecule has 0 saturated heterocycles. The predicted octanol–water partition coefficient (Wildman–Crippen LogP) is 2.04. The topological polar surface area (TPSA) is 120 Å². The van der Waals surface area contributed by atoms with Gasteiger partial charge in [-0.1, -0.05) is 6.07 Å². The van der Waals surface area contributed by atoms with E-state index in [2.05, 4.69) is 15.4 Å². The molecule has 1 atom stereocenters. The van der Waals surface area contributed by atoms with E-state index in [0.717, 1.165) is 0 Å². The van der Waals surface area contributed by atoms with Crippen molar-refractivity contribution in [1.82, 2.24) is 5.32 Å². The lowest BCUT2D eigenvalue weighted by atomic mass is 10.1. The zero-order valence-electron chi connectivity index (χ0n) is 15.6. The number of rotatable bonds is 7. The molecule has 144 valence electrons. The Morgan fingerprint density at radius 1 is 1.23 bits per heavy atom. The summed E-state index contributed by atoms with van der Waals surface area (Å²) in [5, 5.41) is 5.27. The van der Waals surface area contributed by atoms with E-state index in [0.29, 0.717) is 17.7 Å². The molecule has 8 nitrogen and oxygen atoms in total. The Morgan fingerprint density at radius 2 is 1.92 bits per heavy atom. The lowest BCUT2D eigenvalue weighted by molar-refractivity contribution is -0.116. The summed E-state index contributed by atoms with van der Waals surface area (Å²) in [7, 11) is 1.29. The van der Waals surface area contributed by atoms with Crippen LogP contribution < -0.4 is 16.4 Å². The summed E-state index contributed by atoms with van der Waals surface area (Å²) in [5.74, 6) is -0.712. The third-order valence-electron chi connectivity index (χ3n) is 3.22. The van der Waals surface area contributed by atoms with Crippen LogP contribution in [0.15, 0.2) is 24.3 Å². The van der Waals surface area contributed by atoms with Gasteiger partial charge in [-0.15, -0.1) is 0 Å². The lowest BCUT2D eigenvalue weighted by Gasteiger charge is -2.20. The van der Waals surface area contributed by atoms with Gasteiger partial charge < -0.3 is 25.8 Å². The molecule has 26 heavy (non-hydrogen) atoms. The molecule has 8 heteroatoms. The van der Waals surface area contributed by atoms with Gasteiger partial charge in [-0.3, -0.25) is 4.79 Å². The van der Waals surface area contributed by atoms with Crippen molar-refractivity contribution < 1.29 is 23.9 Å². The van der Waals surface area contributed by atoms with Gasteiger partial charge in [0.2, 0.25) is 5.91 Å². The number of nitrogens with one attached hydrogen (secondary N) is 2. The van der Waals surface area contributed by atoms with Gasteiger partial charge in [-0.2, -0.15) is 0 Å². The van der Waals surface area contributed by atoms with Crippen LogP contribution in [-0.2, 0) is 14.3 Å². The van der Waals surface area contributed by atoms with E-state index in [1.807, 2.05) is 0 Å². The fourth-order valence-electron chi connectivity index (χ4n) is 2.01. The van der Waals surface area contributed by atoms with Crippen LogP contribution in [0.3, 0.4) is 0 Å². The largest absolute Gasteiger partial charge is 0.465 e. The second-order valence-corrected chi connectivity index (χ2v) is 6.80. The molecule has 0 saturated carbocycles. The van der Waals surface area contributed by atoms with Crippen LogP contribution in [0.2, 0.25) is 0 Å². The number of nitrogens with two attached hydrogens (primary N) is 1. The van der Waals surface area contributed by atoms with Crippen LogP contribution in [0.25, 0.3) is 0 Å². The van der Waals surface area contributed by atoms with E-state index >= 15 is 0 Å². The summed E-state index contributed by atoms with van der Waals surface area (Å²) < 4.78 is 9.75. The molecule has 1 unspecified atom stereocenters. The zero-order chi connectivity index (χ0) is 19.7. The van der Waals surface area contributed by atoms with Crippen molar-refractivity contribution in [2.75, 3.05) is 19.0 Å². The molecular formula is C18H27N3O5. The molecule has 0 aliphatic heterocycles. The number of amides is 2. The van der Waals surface area contributed by atoms with Gasteiger partial charge in [-0.05, 0) is 45.4 Å². The molecule has 0 fully saturated rings. The summed E-state index contributed by atoms with van der Waals surface area (Å²) in [5.41, 5.74) is 6.17. The first-order valence-electron chi connectivity index (χ1n) is 8.31. The summed E-state index contributed by atoms with van der Waals surface area (Å²) in [6.45, 7) is 5.52. The monoisotopic (exact) mass is 365 g/mol. The molecular weight excluding hydrogens is 338 g/mol. The lowest BCUT2D eigenvalue weighted by Crippen LogP contribution is -2.40. The average Bonchev–Trinajstić information content (AvgIpc) is 2.56. The van der Waals surface area contributed by atoms with Gasteiger partial charge in [0.1, 0.15) is 5.60 Å². The smallest absolute Gasteiger partial charge is 0.407 e. The molecule has 0 aliphatic carbocycles. The standard InChI is InChI=1S/C18H27N3O5/c1-18(2,3)26-17(24)20-11-13(19)8-9-15(22)21-14-7-5-6-12(10-14)16(23)25-4/h5-7,10,13H,8-9,11,19H2,1-4H3,(H,20,24)(H,21,22). The first-order valence-corrected chi connectivity index (χ1v) is 8.31. The minimum Gasteiger partial charge on any atom is -0.465 e. The van der Waals surface area contributed by atoms with Crippen molar-refractivity contribution in [1.29, 1.82) is 0 Å². The first-order chi connectivity index (χ1) is 12.1. The summed E-state index contributed by atoms with van der Waals surface area (Å²) in [6.07, 6.45) is 0.0230. The molecule has 0 heterocycles. The Morgan fingerprint density at radius 3 is 2.54 bits per heavy atom. The fourth-order valence-corrected chi connectivity index (χ4v) is 2.01. The maximum absolute atomic E-state index is 12.0. The molecule has 0 spiro atoms. The Bertz CT molecular complexity index is 640. The number of carbonyl (C=O) groups excluding carboxylic acids is 3. The molecule has 0 bridgehead atoms. The summed E-state index contributed by atoms with van der Waals surface area (Å²) in [4.78, 5) is 35.0. The second kappa shape index (κ2) is 9.76. The number of hydrogen-bond donors (Lipinski definition) is 3. The number of carbonyl (C=O) groups is 3. The normalized spacial score (nSPS) is 12.0. The van der Waals surface area contributed by atoms with Crippen LogP contribution in [0.4, 0.5) is 10.5 Å². The molecule has 1 aromatic carbocycles. The number of hydrogen-bond acceptors (Lipinski definition) is 6. The molecule has 0 aromatic heterocycles. The SMILES string of the molecule is COC(=O)c1cccc(NC(=O)CCC(N)CNC(=O)OC(C)(C)C)c1. The Kier molecular flexibility index (Phi) is 8.05.